The maximum Gasteiger partial charge on any atom is 0.267 e. The lowest BCUT2D eigenvalue weighted by molar-refractivity contribution is -0.129. The van der Waals surface area contributed by atoms with E-state index in [-0.39, 0.29) is 5.91 Å². The van der Waals surface area contributed by atoms with Crippen molar-refractivity contribution in [2.75, 3.05) is 5.75 Å². The second-order valence-corrected chi connectivity index (χ2v) is 9.36. The van der Waals surface area contributed by atoms with E-state index >= 15 is 0 Å². The molecule has 21 heavy (non-hydrogen) atoms. The van der Waals surface area contributed by atoms with Crippen molar-refractivity contribution < 1.29 is 17.8 Å². The number of nitrogens with two attached hydrogens (primary N) is 2. The number of carbonyl (C=O) groups is 1. The minimum atomic E-state index is -4.19. The van der Waals surface area contributed by atoms with Gasteiger partial charge in [-0.1, -0.05) is 0 Å². The van der Waals surface area contributed by atoms with Gasteiger partial charge in [0.05, 0.1) is 16.7 Å². The first kappa shape index (κ1) is 18.3. The molecular formula is C13H27N3O4S. The number of hydrogen-bond donors (Lipinski definition) is 4. The zero-order valence-electron chi connectivity index (χ0n) is 13.4. The minimum absolute atomic E-state index is 0.320. The van der Waals surface area contributed by atoms with Gasteiger partial charge in [0.1, 0.15) is 0 Å². The van der Waals surface area contributed by atoms with Gasteiger partial charge in [0.25, 0.3) is 10.1 Å². The molecular weight excluding hydrogens is 294 g/mol. The second-order valence-electron chi connectivity index (χ2n) is 7.91. The molecule has 0 aromatic rings. The van der Waals surface area contributed by atoms with Crippen molar-refractivity contribution in [2.24, 2.45) is 16.9 Å². The Labute approximate surface area is 126 Å². The molecule has 0 aromatic carbocycles. The Hall–Kier alpha value is -0.700. The molecule has 6 N–H and O–H groups in total. The first-order valence-electron chi connectivity index (χ1n) is 6.85. The molecule has 7 nitrogen and oxygen atoms in total. The third-order valence-corrected chi connectivity index (χ3v) is 4.91. The van der Waals surface area contributed by atoms with Crippen LogP contribution in [0.4, 0.5) is 0 Å². The van der Waals surface area contributed by atoms with E-state index in [1.54, 1.807) is 6.92 Å². The smallest absolute Gasteiger partial charge is 0.267 e. The van der Waals surface area contributed by atoms with Crippen molar-refractivity contribution in [1.29, 1.82) is 0 Å². The molecule has 0 heterocycles. The van der Waals surface area contributed by atoms with E-state index in [0.717, 1.165) is 0 Å². The van der Waals surface area contributed by atoms with Crippen LogP contribution in [-0.4, -0.2) is 41.2 Å². The Morgan fingerprint density at radius 1 is 1.33 bits per heavy atom. The Kier molecular flexibility index (Phi) is 4.29. The third kappa shape index (κ3) is 4.64. The van der Waals surface area contributed by atoms with Crippen molar-refractivity contribution in [1.82, 2.24) is 5.32 Å². The Balaban J connectivity index is 2.91. The predicted octanol–water partition coefficient (Wildman–Crippen LogP) is 0.00390. The third-order valence-electron chi connectivity index (χ3n) is 3.82. The van der Waals surface area contributed by atoms with E-state index in [1.807, 2.05) is 13.8 Å². The highest BCUT2D eigenvalue weighted by Gasteiger charge is 2.68. The molecule has 0 bridgehead atoms. The van der Waals surface area contributed by atoms with Gasteiger partial charge >= 0.3 is 0 Å². The standard InChI is InChI=1S/C13H27N3O4S/c1-10(2,14)6-13(7-12(13,5)15)9(17)16-11(3,4)8-21(18,19)20/h6-8,14-15H2,1-5H3,(H,16,17)(H,18,19,20). The van der Waals surface area contributed by atoms with Crippen LogP contribution in [-0.2, 0) is 14.9 Å². The van der Waals surface area contributed by atoms with Crippen molar-refractivity contribution in [2.45, 2.75) is 64.1 Å². The fraction of sp³-hybridized carbons (Fsp3) is 0.923. The summed E-state index contributed by atoms with van der Waals surface area (Å²) in [5.74, 6) is -0.880. The molecule has 0 spiro atoms. The van der Waals surface area contributed by atoms with Crippen LogP contribution >= 0.6 is 0 Å². The van der Waals surface area contributed by atoms with Crippen LogP contribution in [0, 0.1) is 5.41 Å². The number of hydrogen-bond acceptors (Lipinski definition) is 5. The average molecular weight is 321 g/mol. The molecule has 124 valence electrons. The lowest BCUT2D eigenvalue weighted by Gasteiger charge is -2.32. The summed E-state index contributed by atoms with van der Waals surface area (Å²) in [5, 5.41) is 2.68. The summed E-state index contributed by atoms with van der Waals surface area (Å²) in [6.07, 6.45) is 0.898. The highest BCUT2D eigenvalue weighted by Crippen LogP contribution is 2.58. The van der Waals surface area contributed by atoms with E-state index in [1.165, 1.54) is 13.8 Å². The van der Waals surface area contributed by atoms with Crippen molar-refractivity contribution in [3.8, 4) is 0 Å². The van der Waals surface area contributed by atoms with E-state index < -0.39 is 37.9 Å². The van der Waals surface area contributed by atoms with Crippen molar-refractivity contribution in [3.63, 3.8) is 0 Å². The topological polar surface area (TPSA) is 136 Å². The van der Waals surface area contributed by atoms with Gasteiger partial charge in [0, 0.05) is 11.1 Å². The average Bonchev–Trinajstić information content (AvgIpc) is 2.59. The SMILES string of the molecule is CC(C)(N)CC1(C(=O)NC(C)(C)CS(=O)(=O)O)CC1(C)N. The Bertz CT molecular complexity index is 534. The van der Waals surface area contributed by atoms with E-state index in [4.69, 9.17) is 16.0 Å². The summed E-state index contributed by atoms with van der Waals surface area (Å²) in [6, 6.07) is 0. The monoisotopic (exact) mass is 321 g/mol. The van der Waals surface area contributed by atoms with Gasteiger partial charge < -0.3 is 16.8 Å². The van der Waals surface area contributed by atoms with Gasteiger partial charge in [0.15, 0.2) is 0 Å². The van der Waals surface area contributed by atoms with Crippen LogP contribution in [0.25, 0.3) is 0 Å². The molecule has 1 saturated carbocycles. The molecule has 0 radical (unpaired) electrons. The highest BCUT2D eigenvalue weighted by atomic mass is 32.2. The molecule has 8 heteroatoms. The maximum absolute atomic E-state index is 12.6. The molecule has 0 aliphatic heterocycles. The summed E-state index contributed by atoms with van der Waals surface area (Å²) in [7, 11) is -4.19. The minimum Gasteiger partial charge on any atom is -0.350 e. The maximum atomic E-state index is 12.6. The molecule has 1 amide bonds. The number of rotatable bonds is 6. The van der Waals surface area contributed by atoms with Gasteiger partial charge in [-0.2, -0.15) is 8.42 Å². The van der Waals surface area contributed by atoms with Crippen LogP contribution in [0.1, 0.15) is 47.5 Å². The number of nitrogens with one attached hydrogen (secondary N) is 1. The summed E-state index contributed by atoms with van der Waals surface area (Å²) < 4.78 is 31.0. The van der Waals surface area contributed by atoms with Gasteiger partial charge in [-0.3, -0.25) is 9.35 Å². The highest BCUT2D eigenvalue weighted by molar-refractivity contribution is 7.85. The predicted molar refractivity (Wildman–Crippen MR) is 81.2 cm³/mol. The van der Waals surface area contributed by atoms with E-state index in [2.05, 4.69) is 5.32 Å². The first-order chi connectivity index (χ1) is 9.00. The van der Waals surface area contributed by atoms with Gasteiger partial charge in [0.2, 0.25) is 5.91 Å². The molecule has 2 atom stereocenters. The van der Waals surface area contributed by atoms with Gasteiger partial charge in [-0.05, 0) is 47.5 Å². The molecule has 1 aliphatic carbocycles. The zero-order chi connectivity index (χ0) is 16.9. The molecule has 1 fully saturated rings. The molecule has 1 rings (SSSR count). The van der Waals surface area contributed by atoms with Crippen molar-refractivity contribution >= 4 is 16.0 Å². The lowest BCUT2D eigenvalue weighted by atomic mass is 9.84. The molecule has 1 aliphatic rings. The normalized spacial score (nSPS) is 30.1. The molecule has 0 aromatic heterocycles. The Morgan fingerprint density at radius 3 is 2.05 bits per heavy atom. The number of carbonyl (C=O) groups excluding carboxylic acids is 1. The fourth-order valence-corrected chi connectivity index (χ4v) is 3.95. The van der Waals surface area contributed by atoms with E-state index in [0.29, 0.717) is 12.8 Å². The summed E-state index contributed by atoms with van der Waals surface area (Å²) in [4.78, 5) is 12.6. The molecule has 2 unspecified atom stereocenters. The number of amides is 1. The van der Waals surface area contributed by atoms with Crippen LogP contribution < -0.4 is 16.8 Å². The van der Waals surface area contributed by atoms with Crippen LogP contribution in [0.5, 0.6) is 0 Å². The first-order valence-corrected chi connectivity index (χ1v) is 8.46. The van der Waals surface area contributed by atoms with Gasteiger partial charge in [-0.25, -0.2) is 0 Å². The van der Waals surface area contributed by atoms with Crippen LogP contribution in [0.15, 0.2) is 0 Å². The van der Waals surface area contributed by atoms with Crippen LogP contribution in [0.3, 0.4) is 0 Å². The Morgan fingerprint density at radius 2 is 1.76 bits per heavy atom. The summed E-state index contributed by atoms with van der Waals surface area (Å²) >= 11 is 0. The van der Waals surface area contributed by atoms with Crippen molar-refractivity contribution in [3.05, 3.63) is 0 Å². The molecule has 0 saturated heterocycles. The zero-order valence-corrected chi connectivity index (χ0v) is 14.2. The fourth-order valence-electron chi connectivity index (χ4n) is 2.96. The van der Waals surface area contributed by atoms with E-state index in [9.17, 15) is 13.2 Å². The lowest BCUT2D eigenvalue weighted by Crippen LogP contribution is -2.54. The summed E-state index contributed by atoms with van der Waals surface area (Å²) in [5.41, 5.74) is 9.00. The second kappa shape index (κ2) is 4.91. The van der Waals surface area contributed by atoms with Gasteiger partial charge in [-0.15, -0.1) is 0 Å². The quantitative estimate of drug-likeness (QED) is 0.509. The summed E-state index contributed by atoms with van der Waals surface area (Å²) in [6.45, 7) is 8.50. The van der Waals surface area contributed by atoms with Crippen LogP contribution in [0.2, 0.25) is 0 Å². The largest absolute Gasteiger partial charge is 0.350 e.